The van der Waals surface area contributed by atoms with Crippen molar-refractivity contribution >= 4 is 6.08 Å². The molecule has 0 fully saturated rings. The first kappa shape index (κ1) is 16.6. The summed E-state index contributed by atoms with van der Waals surface area (Å²) in [7, 11) is 1.68. The van der Waals surface area contributed by atoms with Gasteiger partial charge in [-0.3, -0.25) is 0 Å². The summed E-state index contributed by atoms with van der Waals surface area (Å²) >= 11 is 0. The van der Waals surface area contributed by atoms with E-state index in [4.69, 9.17) is 9.47 Å². The van der Waals surface area contributed by atoms with Crippen molar-refractivity contribution in [2.24, 2.45) is 0 Å². The van der Waals surface area contributed by atoms with E-state index in [0.29, 0.717) is 6.04 Å². The fourth-order valence-corrected chi connectivity index (χ4v) is 1.93. The predicted octanol–water partition coefficient (Wildman–Crippen LogP) is 2.86. The summed E-state index contributed by atoms with van der Waals surface area (Å²) in [4.78, 5) is 0. The van der Waals surface area contributed by atoms with Crippen LogP contribution in [0.25, 0.3) is 6.08 Å². The molecule has 3 nitrogen and oxygen atoms in total. The monoisotopic (exact) mass is 278 g/mol. The first-order valence-corrected chi connectivity index (χ1v) is 7.48. The fourth-order valence-electron chi connectivity index (χ4n) is 1.93. The molecule has 1 rings (SSSR count). The molecule has 2 N–H and O–H groups in total. The highest BCUT2D eigenvalue weighted by Crippen LogP contribution is 2.28. The first-order valence-electron chi connectivity index (χ1n) is 7.48. The number of rotatable bonds is 9. The molecule has 0 aliphatic carbocycles. The van der Waals surface area contributed by atoms with Crippen LogP contribution in [-0.2, 0) is 0 Å². The Morgan fingerprint density at radius 3 is 2.75 bits per heavy atom. The molecule has 3 heteroatoms. The minimum absolute atomic E-state index is 0.699. The second kappa shape index (κ2) is 9.43. The SMILES string of the molecule is C/C=C/c1ccc(OCCC[NH2+][C@H](C)CC)c(OC)c1. The third-order valence-corrected chi connectivity index (χ3v) is 3.37. The van der Waals surface area contributed by atoms with Crippen LogP contribution in [0.2, 0.25) is 0 Å². The van der Waals surface area contributed by atoms with E-state index in [-0.39, 0.29) is 0 Å². The zero-order valence-corrected chi connectivity index (χ0v) is 13.2. The zero-order valence-electron chi connectivity index (χ0n) is 13.2. The summed E-state index contributed by atoms with van der Waals surface area (Å²) in [6, 6.07) is 6.72. The molecule has 0 aliphatic heterocycles. The minimum atomic E-state index is 0.699. The topological polar surface area (TPSA) is 35.1 Å². The first-order chi connectivity index (χ1) is 9.71. The summed E-state index contributed by atoms with van der Waals surface area (Å²) in [6.07, 6.45) is 6.32. The molecule has 0 amide bonds. The molecule has 112 valence electrons. The van der Waals surface area contributed by atoms with Crippen LogP contribution in [0, 0.1) is 0 Å². The van der Waals surface area contributed by atoms with Crippen molar-refractivity contribution in [2.45, 2.75) is 39.7 Å². The highest BCUT2D eigenvalue weighted by molar-refractivity contribution is 5.55. The number of benzene rings is 1. The molecule has 0 saturated carbocycles. The lowest BCUT2D eigenvalue weighted by molar-refractivity contribution is -0.686. The Morgan fingerprint density at radius 2 is 2.10 bits per heavy atom. The van der Waals surface area contributed by atoms with Crippen LogP contribution in [-0.4, -0.2) is 26.3 Å². The van der Waals surface area contributed by atoms with Gasteiger partial charge in [-0.25, -0.2) is 0 Å². The normalized spacial score (nSPS) is 12.6. The van der Waals surface area contributed by atoms with E-state index in [9.17, 15) is 0 Å². The van der Waals surface area contributed by atoms with E-state index in [1.807, 2.05) is 37.3 Å². The number of allylic oxidation sites excluding steroid dienone is 1. The van der Waals surface area contributed by atoms with Crippen molar-refractivity contribution < 1.29 is 14.8 Å². The van der Waals surface area contributed by atoms with Crippen molar-refractivity contribution in [3.8, 4) is 11.5 Å². The fraction of sp³-hybridized carbons (Fsp3) is 0.529. The van der Waals surface area contributed by atoms with Crippen LogP contribution in [0.15, 0.2) is 24.3 Å². The van der Waals surface area contributed by atoms with Gasteiger partial charge in [0.1, 0.15) is 0 Å². The van der Waals surface area contributed by atoms with Gasteiger partial charge in [-0.1, -0.05) is 25.1 Å². The molecule has 0 saturated heterocycles. The van der Waals surface area contributed by atoms with E-state index < -0.39 is 0 Å². The lowest BCUT2D eigenvalue weighted by atomic mass is 10.2. The molecular weight excluding hydrogens is 250 g/mol. The number of hydrogen-bond acceptors (Lipinski definition) is 2. The number of methoxy groups -OCH3 is 1. The maximum absolute atomic E-state index is 5.81. The Labute approximate surface area is 123 Å². The third-order valence-electron chi connectivity index (χ3n) is 3.37. The highest BCUT2D eigenvalue weighted by atomic mass is 16.5. The highest BCUT2D eigenvalue weighted by Gasteiger charge is 2.05. The molecule has 0 heterocycles. The molecule has 0 bridgehead atoms. The van der Waals surface area contributed by atoms with Crippen molar-refractivity contribution in [3.63, 3.8) is 0 Å². The predicted molar refractivity (Wildman–Crippen MR) is 84.4 cm³/mol. The van der Waals surface area contributed by atoms with Gasteiger partial charge < -0.3 is 14.8 Å². The molecule has 0 spiro atoms. The summed E-state index contributed by atoms with van der Waals surface area (Å²) in [5.41, 5.74) is 1.13. The third kappa shape index (κ3) is 5.66. The van der Waals surface area contributed by atoms with E-state index in [1.165, 1.54) is 6.42 Å². The van der Waals surface area contributed by atoms with Crippen molar-refractivity contribution in [2.75, 3.05) is 20.3 Å². The quantitative estimate of drug-likeness (QED) is 0.705. The molecule has 1 aromatic rings. The van der Waals surface area contributed by atoms with Crippen molar-refractivity contribution in [3.05, 3.63) is 29.8 Å². The van der Waals surface area contributed by atoms with Gasteiger partial charge in [0.2, 0.25) is 0 Å². The second-order valence-electron chi connectivity index (χ2n) is 5.02. The van der Waals surface area contributed by atoms with Crippen LogP contribution in [0.5, 0.6) is 11.5 Å². The zero-order chi connectivity index (χ0) is 14.8. The van der Waals surface area contributed by atoms with Crippen molar-refractivity contribution in [1.82, 2.24) is 0 Å². The molecule has 0 aromatic heterocycles. The lowest BCUT2D eigenvalue weighted by Crippen LogP contribution is -2.89. The van der Waals surface area contributed by atoms with Crippen molar-refractivity contribution in [1.29, 1.82) is 0 Å². The maximum Gasteiger partial charge on any atom is 0.161 e. The Balaban J connectivity index is 2.43. The van der Waals surface area contributed by atoms with E-state index >= 15 is 0 Å². The Kier molecular flexibility index (Phi) is 7.81. The molecule has 0 radical (unpaired) electrons. The van der Waals surface area contributed by atoms with Gasteiger partial charge in [0.25, 0.3) is 0 Å². The average molecular weight is 278 g/mol. The van der Waals surface area contributed by atoms with Crippen LogP contribution in [0.4, 0.5) is 0 Å². The smallest absolute Gasteiger partial charge is 0.161 e. The van der Waals surface area contributed by atoms with E-state index in [2.05, 4.69) is 19.2 Å². The van der Waals surface area contributed by atoms with Gasteiger partial charge in [-0.15, -0.1) is 0 Å². The van der Waals surface area contributed by atoms with Crippen LogP contribution < -0.4 is 14.8 Å². The lowest BCUT2D eigenvalue weighted by Gasteiger charge is -2.12. The summed E-state index contributed by atoms with van der Waals surface area (Å²) < 4.78 is 11.2. The Hall–Kier alpha value is -1.48. The van der Waals surface area contributed by atoms with Gasteiger partial charge >= 0.3 is 0 Å². The van der Waals surface area contributed by atoms with E-state index in [0.717, 1.165) is 36.6 Å². The summed E-state index contributed by atoms with van der Waals surface area (Å²) in [5.74, 6) is 1.62. The van der Waals surface area contributed by atoms with Gasteiger partial charge in [0, 0.05) is 6.42 Å². The largest absolute Gasteiger partial charge is 0.493 e. The van der Waals surface area contributed by atoms with Gasteiger partial charge in [-0.2, -0.15) is 0 Å². The molecule has 0 aliphatic rings. The Morgan fingerprint density at radius 1 is 1.30 bits per heavy atom. The van der Waals surface area contributed by atoms with E-state index in [1.54, 1.807) is 7.11 Å². The Bertz CT molecular complexity index is 415. The minimum Gasteiger partial charge on any atom is -0.493 e. The van der Waals surface area contributed by atoms with Crippen LogP contribution >= 0.6 is 0 Å². The molecule has 1 atom stereocenters. The molecular formula is C17H28NO2+. The standard InChI is InChI=1S/C17H27NO2/c1-5-8-15-9-10-16(17(13-15)19-4)20-12-7-11-18-14(3)6-2/h5,8-10,13-14,18H,6-7,11-12H2,1-4H3/p+1/b8-5+/t14-/m1/s1. The van der Waals surface area contributed by atoms with Gasteiger partial charge in [0.05, 0.1) is 26.3 Å². The molecule has 20 heavy (non-hydrogen) atoms. The van der Waals surface area contributed by atoms with Gasteiger partial charge in [-0.05, 0) is 38.0 Å². The number of ether oxygens (including phenoxy) is 2. The second-order valence-corrected chi connectivity index (χ2v) is 5.02. The average Bonchev–Trinajstić information content (AvgIpc) is 2.47. The van der Waals surface area contributed by atoms with Crippen LogP contribution in [0.3, 0.4) is 0 Å². The van der Waals surface area contributed by atoms with Gasteiger partial charge in [0.15, 0.2) is 11.5 Å². The molecule has 1 aromatic carbocycles. The summed E-state index contributed by atoms with van der Waals surface area (Å²) in [5, 5.41) is 2.37. The molecule has 0 unspecified atom stereocenters. The number of quaternary nitrogens is 1. The van der Waals surface area contributed by atoms with Crippen LogP contribution in [0.1, 0.15) is 39.2 Å². The number of hydrogen-bond donors (Lipinski definition) is 1. The maximum atomic E-state index is 5.81. The number of nitrogens with two attached hydrogens (primary N) is 1. The summed E-state index contributed by atoms with van der Waals surface area (Å²) in [6.45, 7) is 8.31.